The van der Waals surface area contributed by atoms with Crippen LogP contribution >= 0.6 is 0 Å². The summed E-state index contributed by atoms with van der Waals surface area (Å²) in [6, 6.07) is 20.4. The van der Waals surface area contributed by atoms with Crippen molar-refractivity contribution >= 4 is 0 Å². The summed E-state index contributed by atoms with van der Waals surface area (Å²) in [5.41, 5.74) is 2.39. The molecular weight excluding hydrogens is 208 g/mol. The smallest absolute Gasteiger partial charge is 0.0824 e. The lowest BCUT2D eigenvalue weighted by atomic mass is 10.0. The third kappa shape index (κ3) is 2.11. The molecule has 1 saturated carbocycles. The highest BCUT2D eigenvalue weighted by atomic mass is 16.3. The molecule has 0 saturated heterocycles. The van der Waals surface area contributed by atoms with Gasteiger partial charge in [0.2, 0.25) is 0 Å². The lowest BCUT2D eigenvalue weighted by Gasteiger charge is -2.10. The van der Waals surface area contributed by atoms with Crippen LogP contribution in [0.2, 0.25) is 0 Å². The van der Waals surface area contributed by atoms with Gasteiger partial charge >= 0.3 is 0 Å². The zero-order valence-electron chi connectivity index (χ0n) is 9.66. The number of aliphatic hydroxyl groups is 1. The summed E-state index contributed by atoms with van der Waals surface area (Å²) >= 11 is 0. The summed E-state index contributed by atoms with van der Waals surface area (Å²) in [6.07, 6.45) is 0.779. The fraction of sp³-hybridized carbons (Fsp3) is 0.250. The van der Waals surface area contributed by atoms with Gasteiger partial charge in [0.05, 0.1) is 6.10 Å². The fourth-order valence-corrected chi connectivity index (χ4v) is 2.54. The summed E-state index contributed by atoms with van der Waals surface area (Å²) < 4.78 is 0. The van der Waals surface area contributed by atoms with Crippen LogP contribution in [0.15, 0.2) is 60.7 Å². The number of hydrogen-bond acceptors (Lipinski definition) is 1. The van der Waals surface area contributed by atoms with E-state index >= 15 is 0 Å². The van der Waals surface area contributed by atoms with E-state index in [1.807, 2.05) is 36.4 Å². The number of aliphatic hydroxyl groups excluding tert-OH is 1. The first-order valence-electron chi connectivity index (χ1n) is 6.14. The van der Waals surface area contributed by atoms with Gasteiger partial charge in [0.25, 0.3) is 0 Å². The Kier molecular flexibility index (Phi) is 2.69. The van der Waals surface area contributed by atoms with Crippen molar-refractivity contribution in [2.24, 2.45) is 5.92 Å². The number of rotatable bonds is 3. The molecule has 0 aliphatic heterocycles. The predicted octanol–water partition coefficient (Wildman–Crippen LogP) is 3.52. The van der Waals surface area contributed by atoms with Crippen molar-refractivity contribution in [2.75, 3.05) is 0 Å². The molecule has 2 aromatic rings. The van der Waals surface area contributed by atoms with Gasteiger partial charge in [-0.2, -0.15) is 0 Å². The molecule has 0 aromatic heterocycles. The van der Waals surface area contributed by atoms with Crippen LogP contribution in [0.3, 0.4) is 0 Å². The number of benzene rings is 2. The molecule has 1 aliphatic carbocycles. The third-order valence-corrected chi connectivity index (χ3v) is 3.61. The summed E-state index contributed by atoms with van der Waals surface area (Å²) in [6.45, 7) is 0. The molecule has 1 aliphatic rings. The molecule has 1 heteroatoms. The van der Waals surface area contributed by atoms with Crippen molar-refractivity contribution in [1.82, 2.24) is 0 Å². The number of hydrogen-bond donors (Lipinski definition) is 1. The van der Waals surface area contributed by atoms with E-state index in [1.165, 1.54) is 5.56 Å². The minimum Gasteiger partial charge on any atom is -0.388 e. The van der Waals surface area contributed by atoms with Crippen molar-refractivity contribution in [1.29, 1.82) is 0 Å². The van der Waals surface area contributed by atoms with E-state index in [0.717, 1.165) is 12.0 Å². The van der Waals surface area contributed by atoms with Gasteiger partial charge in [-0.25, -0.2) is 0 Å². The highest BCUT2D eigenvalue weighted by Crippen LogP contribution is 2.53. The summed E-state index contributed by atoms with van der Waals surface area (Å²) in [5, 5.41) is 10.3. The van der Waals surface area contributed by atoms with Crippen molar-refractivity contribution < 1.29 is 5.11 Å². The highest BCUT2D eigenvalue weighted by molar-refractivity contribution is 5.29. The Morgan fingerprint density at radius 1 is 0.882 bits per heavy atom. The maximum atomic E-state index is 10.3. The molecule has 17 heavy (non-hydrogen) atoms. The topological polar surface area (TPSA) is 20.2 Å². The van der Waals surface area contributed by atoms with Crippen LogP contribution in [0.25, 0.3) is 0 Å². The Balaban J connectivity index is 1.73. The van der Waals surface area contributed by atoms with Crippen LogP contribution in [0, 0.1) is 5.92 Å². The molecule has 1 unspecified atom stereocenters. The molecule has 0 bridgehead atoms. The first kappa shape index (κ1) is 10.5. The summed E-state index contributed by atoms with van der Waals surface area (Å²) in [4.78, 5) is 0. The van der Waals surface area contributed by atoms with Crippen LogP contribution in [-0.4, -0.2) is 5.11 Å². The second-order valence-electron chi connectivity index (χ2n) is 4.77. The van der Waals surface area contributed by atoms with E-state index in [4.69, 9.17) is 0 Å². The molecule has 1 nitrogen and oxygen atoms in total. The molecule has 0 radical (unpaired) electrons. The predicted molar refractivity (Wildman–Crippen MR) is 68.7 cm³/mol. The Morgan fingerprint density at radius 3 is 2.12 bits per heavy atom. The first-order valence-corrected chi connectivity index (χ1v) is 6.14. The van der Waals surface area contributed by atoms with Crippen molar-refractivity contribution in [3.63, 3.8) is 0 Å². The lowest BCUT2D eigenvalue weighted by Crippen LogP contribution is -2.00. The fourth-order valence-electron chi connectivity index (χ4n) is 2.54. The molecule has 86 valence electrons. The summed E-state index contributed by atoms with van der Waals surface area (Å²) in [7, 11) is 0. The highest BCUT2D eigenvalue weighted by Gasteiger charge is 2.43. The SMILES string of the molecule is OC(c1ccccc1)[C@@H]1C[C@H]1c1ccccc1. The average Bonchev–Trinajstić information content (AvgIpc) is 3.20. The standard InChI is InChI=1S/C16H16O/c17-16(13-9-5-2-6-10-13)15-11-14(15)12-7-3-1-4-8-12/h1-10,14-17H,11H2/t14-,15+,16?/m0/s1. The maximum Gasteiger partial charge on any atom is 0.0824 e. The largest absolute Gasteiger partial charge is 0.388 e. The van der Waals surface area contributed by atoms with Crippen molar-refractivity contribution in [3.8, 4) is 0 Å². The van der Waals surface area contributed by atoms with Crippen LogP contribution in [0.1, 0.15) is 29.6 Å². The van der Waals surface area contributed by atoms with E-state index in [1.54, 1.807) is 0 Å². The van der Waals surface area contributed by atoms with E-state index in [-0.39, 0.29) is 6.10 Å². The second-order valence-corrected chi connectivity index (χ2v) is 4.77. The third-order valence-electron chi connectivity index (χ3n) is 3.61. The van der Waals surface area contributed by atoms with E-state index < -0.39 is 0 Å². The molecule has 3 rings (SSSR count). The summed E-state index contributed by atoms with van der Waals surface area (Å²) in [5.74, 6) is 0.922. The molecule has 2 aromatic carbocycles. The first-order chi connectivity index (χ1) is 8.36. The Labute approximate surface area is 102 Å². The van der Waals surface area contributed by atoms with Gasteiger partial charge in [-0.15, -0.1) is 0 Å². The minimum absolute atomic E-state index is 0.318. The molecule has 0 amide bonds. The minimum atomic E-state index is -0.318. The molecule has 1 N–H and O–H groups in total. The van der Waals surface area contributed by atoms with Crippen molar-refractivity contribution in [2.45, 2.75) is 18.4 Å². The van der Waals surface area contributed by atoms with Gasteiger partial charge in [0.1, 0.15) is 0 Å². The molecular formula is C16H16O. The van der Waals surface area contributed by atoms with Gasteiger partial charge in [-0.3, -0.25) is 0 Å². The zero-order chi connectivity index (χ0) is 11.7. The van der Waals surface area contributed by atoms with E-state index in [2.05, 4.69) is 24.3 Å². The van der Waals surface area contributed by atoms with Gasteiger partial charge < -0.3 is 5.11 Å². The zero-order valence-corrected chi connectivity index (χ0v) is 9.66. The van der Waals surface area contributed by atoms with Crippen LogP contribution in [0.4, 0.5) is 0 Å². The Morgan fingerprint density at radius 2 is 1.47 bits per heavy atom. The Hall–Kier alpha value is -1.60. The van der Waals surface area contributed by atoms with E-state index in [9.17, 15) is 5.11 Å². The monoisotopic (exact) mass is 224 g/mol. The molecule has 3 atom stereocenters. The average molecular weight is 224 g/mol. The quantitative estimate of drug-likeness (QED) is 0.845. The maximum absolute atomic E-state index is 10.3. The molecule has 0 heterocycles. The van der Waals surface area contributed by atoms with Crippen LogP contribution in [-0.2, 0) is 0 Å². The van der Waals surface area contributed by atoms with Gasteiger partial charge in [-0.05, 0) is 29.4 Å². The van der Waals surface area contributed by atoms with Crippen molar-refractivity contribution in [3.05, 3.63) is 71.8 Å². The van der Waals surface area contributed by atoms with Crippen LogP contribution < -0.4 is 0 Å². The van der Waals surface area contributed by atoms with Gasteiger partial charge in [0, 0.05) is 0 Å². The molecule has 1 fully saturated rings. The van der Waals surface area contributed by atoms with Crippen LogP contribution in [0.5, 0.6) is 0 Å². The normalized spacial score (nSPS) is 24.3. The van der Waals surface area contributed by atoms with Gasteiger partial charge in [0.15, 0.2) is 0 Å². The van der Waals surface area contributed by atoms with E-state index in [0.29, 0.717) is 11.8 Å². The second kappa shape index (κ2) is 4.34. The lowest BCUT2D eigenvalue weighted by molar-refractivity contribution is 0.151. The van der Waals surface area contributed by atoms with Gasteiger partial charge in [-0.1, -0.05) is 60.7 Å². The Bertz CT molecular complexity index is 477. The molecule has 0 spiro atoms.